The van der Waals surface area contributed by atoms with E-state index in [4.69, 9.17) is 4.98 Å². The zero-order valence-corrected chi connectivity index (χ0v) is 15.7. The summed E-state index contributed by atoms with van der Waals surface area (Å²) in [6.07, 6.45) is 3.86. The molecule has 1 saturated carbocycles. The van der Waals surface area contributed by atoms with Gasteiger partial charge in [0, 0.05) is 23.4 Å². The summed E-state index contributed by atoms with van der Waals surface area (Å²) in [5.41, 5.74) is 2.25. The predicted octanol–water partition coefficient (Wildman–Crippen LogP) is 5.14. The Balaban J connectivity index is 1.95. The van der Waals surface area contributed by atoms with Crippen molar-refractivity contribution in [2.24, 2.45) is 10.8 Å². The van der Waals surface area contributed by atoms with Gasteiger partial charge in [0.1, 0.15) is 0 Å². The number of rotatable bonds is 3. The van der Waals surface area contributed by atoms with Crippen molar-refractivity contribution in [3.63, 3.8) is 0 Å². The molecule has 0 amide bonds. The molecule has 1 N–H and O–H groups in total. The average Bonchev–Trinajstić information content (AvgIpc) is 2.69. The van der Waals surface area contributed by atoms with Gasteiger partial charge in [0.25, 0.3) is 0 Å². The first-order valence-electron chi connectivity index (χ1n) is 8.15. The quantitative estimate of drug-likeness (QED) is 0.836. The van der Waals surface area contributed by atoms with Crippen molar-refractivity contribution in [2.45, 2.75) is 85.7 Å². The van der Waals surface area contributed by atoms with E-state index < -0.39 is 0 Å². The van der Waals surface area contributed by atoms with Crippen molar-refractivity contribution in [1.82, 2.24) is 10.3 Å². The van der Waals surface area contributed by atoms with Gasteiger partial charge in [0.2, 0.25) is 0 Å². The Bertz CT molecular complexity index is 464. The molecule has 1 aromatic heterocycles. The lowest BCUT2D eigenvalue weighted by Crippen LogP contribution is -2.43. The van der Waals surface area contributed by atoms with Gasteiger partial charge in [-0.25, -0.2) is 4.98 Å². The van der Waals surface area contributed by atoms with Gasteiger partial charge < -0.3 is 5.32 Å². The molecule has 0 aliphatic heterocycles. The second-order valence-electron chi connectivity index (χ2n) is 9.39. The highest BCUT2D eigenvalue weighted by atomic mass is 32.1. The number of aromatic nitrogens is 1. The van der Waals surface area contributed by atoms with Gasteiger partial charge in [-0.05, 0) is 30.1 Å². The molecular weight excluding hydrogens is 276 g/mol. The molecule has 0 spiro atoms. The normalized spacial score (nSPS) is 22.4. The van der Waals surface area contributed by atoms with Crippen LogP contribution in [-0.2, 0) is 12.0 Å². The van der Waals surface area contributed by atoms with Crippen molar-refractivity contribution in [3.05, 3.63) is 16.1 Å². The fourth-order valence-corrected chi connectivity index (χ4v) is 4.88. The maximum absolute atomic E-state index is 4.79. The molecule has 0 atom stereocenters. The third-order valence-electron chi connectivity index (χ3n) is 4.32. The summed E-state index contributed by atoms with van der Waals surface area (Å²) in [4.78, 5) is 4.79. The summed E-state index contributed by atoms with van der Waals surface area (Å²) < 4.78 is 0. The first-order valence-corrected chi connectivity index (χ1v) is 9.03. The summed E-state index contributed by atoms with van der Waals surface area (Å²) in [5.74, 6) is 0. The molecular formula is C18H32N2S. The molecule has 21 heavy (non-hydrogen) atoms. The largest absolute Gasteiger partial charge is 0.308 e. The van der Waals surface area contributed by atoms with Crippen LogP contribution in [0.1, 0.15) is 78.4 Å². The standard InChI is InChI=1S/C18H32N2S/c1-16(2,3)15-20-14(11-21-15)10-19-13-8-17(4,5)12-18(6,7)9-13/h11,13,19H,8-10,12H2,1-7H3. The van der Waals surface area contributed by atoms with Crippen molar-refractivity contribution in [1.29, 1.82) is 0 Å². The average molecular weight is 309 g/mol. The molecule has 1 aliphatic carbocycles. The number of nitrogens with zero attached hydrogens (tertiary/aromatic N) is 1. The number of hydrogen-bond donors (Lipinski definition) is 1. The molecule has 1 aromatic rings. The van der Waals surface area contributed by atoms with Gasteiger partial charge in [0.05, 0.1) is 10.7 Å². The minimum Gasteiger partial charge on any atom is -0.308 e. The molecule has 3 heteroatoms. The van der Waals surface area contributed by atoms with E-state index in [1.54, 1.807) is 11.3 Å². The second-order valence-corrected chi connectivity index (χ2v) is 10.2. The topological polar surface area (TPSA) is 24.9 Å². The molecule has 120 valence electrons. The molecule has 1 fully saturated rings. The lowest BCUT2D eigenvalue weighted by atomic mass is 9.63. The molecule has 0 radical (unpaired) electrons. The minimum absolute atomic E-state index is 0.164. The molecule has 1 heterocycles. The van der Waals surface area contributed by atoms with Crippen molar-refractivity contribution in [2.75, 3.05) is 0 Å². The molecule has 2 nitrogen and oxygen atoms in total. The molecule has 0 saturated heterocycles. The Labute approximate surface area is 134 Å². The van der Waals surface area contributed by atoms with E-state index in [9.17, 15) is 0 Å². The Morgan fingerprint density at radius 1 is 1.19 bits per heavy atom. The van der Waals surface area contributed by atoms with Crippen LogP contribution in [0.5, 0.6) is 0 Å². The van der Waals surface area contributed by atoms with E-state index in [1.807, 2.05) is 0 Å². The Kier molecular flexibility index (Phi) is 4.57. The second kappa shape index (κ2) is 5.66. The van der Waals surface area contributed by atoms with Crippen LogP contribution in [0.2, 0.25) is 0 Å². The van der Waals surface area contributed by atoms with E-state index in [0.29, 0.717) is 16.9 Å². The van der Waals surface area contributed by atoms with E-state index in [1.165, 1.54) is 30.0 Å². The Morgan fingerprint density at radius 2 is 1.76 bits per heavy atom. The SMILES string of the molecule is CC1(C)CC(NCc2csc(C(C)(C)C)n2)CC(C)(C)C1. The number of nitrogens with one attached hydrogen (secondary N) is 1. The zero-order valence-electron chi connectivity index (χ0n) is 14.8. The highest BCUT2D eigenvalue weighted by molar-refractivity contribution is 7.09. The lowest BCUT2D eigenvalue weighted by molar-refractivity contribution is 0.0843. The van der Waals surface area contributed by atoms with Gasteiger partial charge >= 0.3 is 0 Å². The van der Waals surface area contributed by atoms with Crippen molar-refractivity contribution < 1.29 is 0 Å². The first kappa shape index (κ1) is 17.0. The Morgan fingerprint density at radius 3 is 2.24 bits per heavy atom. The Hall–Kier alpha value is -0.410. The van der Waals surface area contributed by atoms with Crippen LogP contribution in [0.25, 0.3) is 0 Å². The van der Waals surface area contributed by atoms with Crippen LogP contribution in [0.15, 0.2) is 5.38 Å². The van der Waals surface area contributed by atoms with Crippen LogP contribution in [0.3, 0.4) is 0 Å². The van der Waals surface area contributed by atoms with Gasteiger partial charge in [-0.3, -0.25) is 0 Å². The van der Waals surface area contributed by atoms with Crippen LogP contribution in [-0.4, -0.2) is 11.0 Å². The van der Waals surface area contributed by atoms with E-state index in [-0.39, 0.29) is 5.41 Å². The summed E-state index contributed by atoms with van der Waals surface area (Å²) in [6, 6.07) is 0.614. The molecule has 2 rings (SSSR count). The maximum Gasteiger partial charge on any atom is 0.0982 e. The van der Waals surface area contributed by atoms with E-state index in [0.717, 1.165) is 6.54 Å². The third-order valence-corrected chi connectivity index (χ3v) is 5.64. The maximum atomic E-state index is 4.79. The van der Waals surface area contributed by atoms with E-state index in [2.05, 4.69) is 59.2 Å². The number of hydrogen-bond acceptors (Lipinski definition) is 3. The minimum atomic E-state index is 0.164. The van der Waals surface area contributed by atoms with Gasteiger partial charge in [-0.2, -0.15) is 0 Å². The summed E-state index contributed by atoms with van der Waals surface area (Å²) in [7, 11) is 0. The molecule has 0 bridgehead atoms. The van der Waals surface area contributed by atoms with Crippen LogP contribution < -0.4 is 5.32 Å². The highest BCUT2D eigenvalue weighted by Gasteiger charge is 2.38. The van der Waals surface area contributed by atoms with Crippen LogP contribution >= 0.6 is 11.3 Å². The van der Waals surface area contributed by atoms with Crippen molar-refractivity contribution >= 4 is 11.3 Å². The van der Waals surface area contributed by atoms with Crippen molar-refractivity contribution in [3.8, 4) is 0 Å². The fraction of sp³-hybridized carbons (Fsp3) is 0.833. The fourth-order valence-electron chi connectivity index (χ4n) is 3.97. The van der Waals surface area contributed by atoms with Crippen LogP contribution in [0, 0.1) is 10.8 Å². The smallest absolute Gasteiger partial charge is 0.0982 e. The zero-order chi connectivity index (χ0) is 15.9. The summed E-state index contributed by atoms with van der Waals surface area (Å²) in [6.45, 7) is 17.2. The third kappa shape index (κ3) is 4.79. The monoisotopic (exact) mass is 308 g/mol. The molecule has 0 aromatic carbocycles. The summed E-state index contributed by atoms with van der Waals surface area (Å²) >= 11 is 1.79. The molecule has 0 unspecified atom stereocenters. The highest BCUT2D eigenvalue weighted by Crippen LogP contribution is 2.45. The molecule has 1 aliphatic rings. The lowest BCUT2D eigenvalue weighted by Gasteiger charge is -2.45. The van der Waals surface area contributed by atoms with Gasteiger partial charge in [0.15, 0.2) is 0 Å². The van der Waals surface area contributed by atoms with Crippen LogP contribution in [0.4, 0.5) is 0 Å². The summed E-state index contributed by atoms with van der Waals surface area (Å²) in [5, 5.41) is 7.21. The van der Waals surface area contributed by atoms with Gasteiger partial charge in [-0.1, -0.05) is 48.5 Å². The predicted molar refractivity (Wildman–Crippen MR) is 92.9 cm³/mol. The first-order chi connectivity index (χ1) is 9.47. The number of thiazole rings is 1. The van der Waals surface area contributed by atoms with Gasteiger partial charge in [-0.15, -0.1) is 11.3 Å². The van der Waals surface area contributed by atoms with E-state index >= 15 is 0 Å².